The average molecular weight is 537 g/mol. The minimum Gasteiger partial charge on any atom is -0.338 e. The third-order valence-corrected chi connectivity index (χ3v) is 7.43. The number of likely N-dealkylation sites (N-methyl/N-ethyl adjacent to an activating group) is 1. The van der Waals surface area contributed by atoms with Gasteiger partial charge in [0.05, 0.1) is 10.6 Å². The van der Waals surface area contributed by atoms with Crippen molar-refractivity contribution in [3.63, 3.8) is 0 Å². The fourth-order valence-electron chi connectivity index (χ4n) is 3.70. The highest BCUT2D eigenvalue weighted by Gasteiger charge is 2.19. The summed E-state index contributed by atoms with van der Waals surface area (Å²) in [6.07, 6.45) is 0. The quantitative estimate of drug-likeness (QED) is 0.263. The summed E-state index contributed by atoms with van der Waals surface area (Å²) in [6, 6.07) is 13.3. The van der Waals surface area contributed by atoms with Crippen LogP contribution in [0.3, 0.4) is 0 Å². The monoisotopic (exact) mass is 536 g/mol. The van der Waals surface area contributed by atoms with Crippen LogP contribution in [0.4, 0.5) is 28.2 Å². The number of H-pyrrole nitrogens is 1. The van der Waals surface area contributed by atoms with Gasteiger partial charge in [0.2, 0.25) is 11.9 Å². The molecule has 37 heavy (non-hydrogen) atoms. The van der Waals surface area contributed by atoms with E-state index in [2.05, 4.69) is 48.0 Å². The summed E-state index contributed by atoms with van der Waals surface area (Å²) in [4.78, 5) is 32.4. The molecule has 0 bridgehead atoms. The van der Waals surface area contributed by atoms with Crippen molar-refractivity contribution in [2.75, 3.05) is 55.3 Å². The molecule has 0 unspecified atom stereocenters. The third-order valence-electron chi connectivity index (χ3n) is 5.65. The fraction of sp³-hybridized carbons (Fsp3) is 0.292. The SMILES string of the molecule is CCNC(=O)Nc1ccc(Sc2nc(Nc3cc(-c4cccs4)[nH]n3)nc(N3CCN(C)CC3)n2)cc1. The van der Waals surface area contributed by atoms with E-state index in [1.54, 1.807) is 11.3 Å². The van der Waals surface area contributed by atoms with Gasteiger partial charge in [-0.3, -0.25) is 5.10 Å². The van der Waals surface area contributed by atoms with Gasteiger partial charge in [0.25, 0.3) is 0 Å². The van der Waals surface area contributed by atoms with Crippen molar-refractivity contribution in [1.29, 1.82) is 0 Å². The van der Waals surface area contributed by atoms with Crippen molar-refractivity contribution in [3.05, 3.63) is 47.8 Å². The van der Waals surface area contributed by atoms with Crippen LogP contribution in [-0.2, 0) is 0 Å². The maximum atomic E-state index is 11.8. The number of amides is 2. The van der Waals surface area contributed by atoms with Crippen molar-refractivity contribution in [3.8, 4) is 10.6 Å². The van der Waals surface area contributed by atoms with E-state index in [-0.39, 0.29) is 6.03 Å². The average Bonchev–Trinajstić information content (AvgIpc) is 3.58. The molecule has 4 aromatic rings. The number of nitrogens with one attached hydrogen (secondary N) is 4. The van der Waals surface area contributed by atoms with E-state index in [9.17, 15) is 4.79 Å². The zero-order chi connectivity index (χ0) is 25.6. The summed E-state index contributed by atoms with van der Waals surface area (Å²) in [6.45, 7) is 6.02. The predicted molar refractivity (Wildman–Crippen MR) is 148 cm³/mol. The highest BCUT2D eigenvalue weighted by Crippen LogP contribution is 2.29. The number of benzene rings is 1. The van der Waals surface area contributed by atoms with Gasteiger partial charge >= 0.3 is 6.03 Å². The first kappa shape index (κ1) is 25.0. The number of aromatic amines is 1. The molecule has 1 fully saturated rings. The number of piperazine rings is 1. The van der Waals surface area contributed by atoms with Crippen molar-refractivity contribution in [2.45, 2.75) is 17.0 Å². The highest BCUT2D eigenvalue weighted by atomic mass is 32.2. The Morgan fingerprint density at radius 2 is 1.92 bits per heavy atom. The Morgan fingerprint density at radius 1 is 1.11 bits per heavy atom. The molecule has 4 heterocycles. The number of carbonyl (C=O) groups is 1. The van der Waals surface area contributed by atoms with E-state index >= 15 is 0 Å². The molecule has 13 heteroatoms. The van der Waals surface area contributed by atoms with Gasteiger partial charge in [-0.1, -0.05) is 6.07 Å². The van der Waals surface area contributed by atoms with Crippen LogP contribution in [0, 0.1) is 0 Å². The van der Waals surface area contributed by atoms with Crippen LogP contribution in [-0.4, -0.2) is 75.9 Å². The first-order valence-electron chi connectivity index (χ1n) is 11.9. The van der Waals surface area contributed by atoms with Crippen LogP contribution in [0.25, 0.3) is 10.6 Å². The largest absolute Gasteiger partial charge is 0.338 e. The molecule has 1 aliphatic rings. The Balaban J connectivity index is 1.36. The Morgan fingerprint density at radius 3 is 2.65 bits per heavy atom. The molecule has 4 N–H and O–H groups in total. The Labute approximate surface area is 223 Å². The minimum absolute atomic E-state index is 0.228. The lowest BCUT2D eigenvalue weighted by Gasteiger charge is -2.32. The molecule has 0 saturated carbocycles. The van der Waals surface area contributed by atoms with Crippen molar-refractivity contribution < 1.29 is 4.79 Å². The molecule has 1 saturated heterocycles. The lowest BCUT2D eigenvalue weighted by atomic mass is 10.3. The number of anilines is 4. The molecule has 11 nitrogen and oxygen atoms in total. The maximum absolute atomic E-state index is 11.8. The van der Waals surface area contributed by atoms with Crippen LogP contribution < -0.4 is 20.9 Å². The number of carbonyl (C=O) groups excluding carboxylic acids is 1. The summed E-state index contributed by atoms with van der Waals surface area (Å²) in [5, 5.41) is 18.8. The van der Waals surface area contributed by atoms with E-state index < -0.39 is 0 Å². The van der Waals surface area contributed by atoms with Gasteiger partial charge in [0.15, 0.2) is 11.0 Å². The highest BCUT2D eigenvalue weighted by molar-refractivity contribution is 7.99. The summed E-state index contributed by atoms with van der Waals surface area (Å²) < 4.78 is 0. The smallest absolute Gasteiger partial charge is 0.319 e. The van der Waals surface area contributed by atoms with E-state index in [4.69, 9.17) is 9.97 Å². The lowest BCUT2D eigenvalue weighted by Crippen LogP contribution is -2.45. The van der Waals surface area contributed by atoms with E-state index in [0.29, 0.717) is 35.1 Å². The standard InChI is InChI=1S/C24H28N10OS2/c1-3-25-23(35)26-16-6-8-17(9-7-16)37-24-29-21(28-22(30-24)34-12-10-33(2)11-13-34)27-20-15-18(31-32-20)19-5-4-14-36-19/h4-9,14-15H,3,10-13H2,1-2H3,(H2,25,26,35)(H2,27,28,29,30,31,32). The zero-order valence-electron chi connectivity index (χ0n) is 20.6. The molecular formula is C24H28N10OS2. The van der Waals surface area contributed by atoms with Crippen LogP contribution in [0.15, 0.2) is 57.9 Å². The van der Waals surface area contributed by atoms with Gasteiger partial charge in [0, 0.05) is 49.4 Å². The van der Waals surface area contributed by atoms with Gasteiger partial charge in [-0.15, -0.1) is 11.3 Å². The van der Waals surface area contributed by atoms with Crippen molar-refractivity contribution >= 4 is 52.5 Å². The van der Waals surface area contributed by atoms with E-state index in [1.807, 2.05) is 54.8 Å². The second kappa shape index (κ2) is 11.6. The second-order valence-corrected chi connectivity index (χ2v) is 10.4. The molecule has 0 spiro atoms. The summed E-state index contributed by atoms with van der Waals surface area (Å²) >= 11 is 3.08. The predicted octanol–water partition coefficient (Wildman–Crippen LogP) is 4.11. The summed E-state index contributed by atoms with van der Waals surface area (Å²) in [5.41, 5.74) is 1.65. The minimum atomic E-state index is -0.228. The van der Waals surface area contributed by atoms with Crippen molar-refractivity contribution in [2.24, 2.45) is 0 Å². The molecule has 3 aromatic heterocycles. The van der Waals surface area contributed by atoms with Crippen LogP contribution in [0.5, 0.6) is 0 Å². The molecule has 1 aliphatic heterocycles. The molecule has 0 aliphatic carbocycles. The molecule has 0 atom stereocenters. The van der Waals surface area contributed by atoms with Crippen molar-refractivity contribution in [1.82, 2.24) is 35.4 Å². The zero-order valence-corrected chi connectivity index (χ0v) is 22.2. The number of rotatable bonds is 8. The van der Waals surface area contributed by atoms with Gasteiger partial charge in [0.1, 0.15) is 0 Å². The molecule has 192 valence electrons. The Kier molecular flexibility index (Phi) is 7.82. The second-order valence-electron chi connectivity index (χ2n) is 8.41. The number of hydrogen-bond acceptors (Lipinski definition) is 10. The third kappa shape index (κ3) is 6.56. The normalized spacial score (nSPS) is 13.9. The molecule has 5 rings (SSSR count). The van der Waals surface area contributed by atoms with Gasteiger partial charge < -0.3 is 25.8 Å². The summed E-state index contributed by atoms with van der Waals surface area (Å²) in [7, 11) is 2.12. The van der Waals surface area contributed by atoms with Gasteiger partial charge in [-0.2, -0.15) is 20.1 Å². The number of thiophene rings is 1. The topological polar surface area (TPSA) is 127 Å². The first-order chi connectivity index (χ1) is 18.1. The number of hydrogen-bond donors (Lipinski definition) is 4. The van der Waals surface area contributed by atoms with Crippen LogP contribution in [0.1, 0.15) is 6.92 Å². The maximum Gasteiger partial charge on any atom is 0.319 e. The van der Waals surface area contributed by atoms with Gasteiger partial charge in [-0.25, -0.2) is 4.79 Å². The van der Waals surface area contributed by atoms with Gasteiger partial charge in [-0.05, 0) is 61.4 Å². The van der Waals surface area contributed by atoms with Crippen LogP contribution >= 0.6 is 23.1 Å². The van der Waals surface area contributed by atoms with E-state index in [1.165, 1.54) is 11.8 Å². The molecular weight excluding hydrogens is 508 g/mol. The molecule has 1 aromatic carbocycles. The number of aromatic nitrogens is 5. The Bertz CT molecular complexity index is 1320. The van der Waals surface area contributed by atoms with Crippen LogP contribution in [0.2, 0.25) is 0 Å². The number of nitrogens with zero attached hydrogens (tertiary/aromatic N) is 6. The molecule has 2 amide bonds. The summed E-state index contributed by atoms with van der Waals surface area (Å²) in [5.74, 6) is 1.71. The van der Waals surface area contributed by atoms with E-state index in [0.717, 1.165) is 41.6 Å². The lowest BCUT2D eigenvalue weighted by molar-refractivity contribution is 0.252. The first-order valence-corrected chi connectivity index (χ1v) is 13.6. The number of urea groups is 1. The fourth-order valence-corrected chi connectivity index (χ4v) is 5.14. The molecule has 0 radical (unpaired) electrons. The Hall–Kier alpha value is -3.68.